The van der Waals surface area contributed by atoms with E-state index in [1.54, 1.807) is 21.3 Å². The van der Waals surface area contributed by atoms with Crippen LogP contribution < -0.4 is 24.8 Å². The third-order valence-corrected chi connectivity index (χ3v) is 4.28. The molecule has 0 spiro atoms. The number of ether oxygens (including phenoxy) is 3. The topological polar surface area (TPSA) is 64.1 Å². The molecule has 0 amide bonds. The first-order chi connectivity index (χ1) is 13.7. The maximum atomic E-state index is 5.74. The average molecular weight is 513 g/mol. The van der Waals surface area contributed by atoms with Crippen LogP contribution >= 0.6 is 24.0 Å². The summed E-state index contributed by atoms with van der Waals surface area (Å²) in [6, 6.07) is 14.0. The summed E-state index contributed by atoms with van der Waals surface area (Å²) in [6.45, 7) is 4.27. The fourth-order valence-electron chi connectivity index (χ4n) is 2.66. The van der Waals surface area contributed by atoms with Gasteiger partial charge in [0, 0.05) is 20.1 Å². The van der Waals surface area contributed by atoms with Gasteiger partial charge in [0.15, 0.2) is 17.5 Å². The second-order valence-electron chi connectivity index (χ2n) is 6.41. The molecule has 2 N–H and O–H groups in total. The lowest BCUT2D eigenvalue weighted by Crippen LogP contribution is -2.37. The second-order valence-corrected chi connectivity index (χ2v) is 6.41. The number of guanidine groups is 1. The summed E-state index contributed by atoms with van der Waals surface area (Å²) in [5.41, 5.74) is 2.33. The Kier molecular flexibility index (Phi) is 11.9. The van der Waals surface area contributed by atoms with Crippen LogP contribution in [0.4, 0.5) is 0 Å². The van der Waals surface area contributed by atoms with Gasteiger partial charge in [0.05, 0.1) is 20.8 Å². The van der Waals surface area contributed by atoms with E-state index >= 15 is 0 Å². The number of aryl methyl sites for hydroxylation is 1. The Bertz CT molecular complexity index is 751. The smallest absolute Gasteiger partial charge is 0.191 e. The zero-order valence-electron chi connectivity index (χ0n) is 17.7. The molecule has 7 heteroatoms. The highest BCUT2D eigenvalue weighted by Crippen LogP contribution is 2.27. The molecule has 2 rings (SSSR count). The lowest BCUT2D eigenvalue weighted by molar-refractivity contribution is 0.307. The lowest BCUT2D eigenvalue weighted by atomic mass is 10.2. The Morgan fingerprint density at radius 3 is 2.31 bits per heavy atom. The van der Waals surface area contributed by atoms with Gasteiger partial charge in [0.25, 0.3) is 0 Å². The number of benzene rings is 2. The van der Waals surface area contributed by atoms with Crippen LogP contribution in [0.1, 0.15) is 24.0 Å². The van der Waals surface area contributed by atoms with Crippen molar-refractivity contribution in [1.82, 2.24) is 10.6 Å². The number of nitrogens with zero attached hydrogens (tertiary/aromatic N) is 1. The third kappa shape index (κ3) is 8.81. The first-order valence-electron chi connectivity index (χ1n) is 9.51. The number of unbranched alkanes of at least 4 members (excludes halogenated alkanes) is 1. The minimum absolute atomic E-state index is 0. The minimum atomic E-state index is 0. The van der Waals surface area contributed by atoms with Crippen LogP contribution in [-0.2, 0) is 6.54 Å². The second kappa shape index (κ2) is 13.9. The highest BCUT2D eigenvalue weighted by molar-refractivity contribution is 14.0. The molecule has 0 aliphatic heterocycles. The Morgan fingerprint density at radius 1 is 0.931 bits per heavy atom. The van der Waals surface area contributed by atoms with Crippen molar-refractivity contribution in [3.8, 4) is 17.2 Å². The Balaban J connectivity index is 0.00000420. The van der Waals surface area contributed by atoms with Crippen LogP contribution in [-0.4, -0.2) is 40.4 Å². The summed E-state index contributed by atoms with van der Waals surface area (Å²) in [5, 5.41) is 6.63. The highest BCUT2D eigenvalue weighted by atomic mass is 127. The third-order valence-electron chi connectivity index (χ3n) is 4.28. The van der Waals surface area contributed by atoms with Crippen molar-refractivity contribution in [2.75, 3.05) is 34.4 Å². The van der Waals surface area contributed by atoms with Gasteiger partial charge in [-0.3, -0.25) is 4.99 Å². The van der Waals surface area contributed by atoms with E-state index in [1.165, 1.54) is 5.56 Å². The molecule has 6 nitrogen and oxygen atoms in total. The normalized spacial score (nSPS) is 10.7. The molecule has 0 atom stereocenters. The fraction of sp³-hybridized carbons (Fsp3) is 0.409. The summed E-state index contributed by atoms with van der Waals surface area (Å²) in [4.78, 5) is 4.26. The first-order valence-corrected chi connectivity index (χ1v) is 9.51. The average Bonchev–Trinajstić information content (AvgIpc) is 2.73. The van der Waals surface area contributed by atoms with E-state index in [-0.39, 0.29) is 24.0 Å². The summed E-state index contributed by atoms with van der Waals surface area (Å²) in [7, 11) is 5.04. The number of nitrogens with one attached hydrogen (secondary N) is 2. The van der Waals surface area contributed by atoms with Gasteiger partial charge in [0.1, 0.15) is 5.75 Å². The largest absolute Gasteiger partial charge is 0.494 e. The van der Waals surface area contributed by atoms with Crippen molar-refractivity contribution in [3.63, 3.8) is 0 Å². The van der Waals surface area contributed by atoms with Gasteiger partial charge in [-0.15, -0.1) is 24.0 Å². The maximum absolute atomic E-state index is 5.74. The van der Waals surface area contributed by atoms with Crippen molar-refractivity contribution in [2.24, 2.45) is 4.99 Å². The Hall–Kier alpha value is -2.16. The molecule has 0 aromatic heterocycles. The molecular formula is C22H32IN3O3. The number of methoxy groups -OCH3 is 2. The van der Waals surface area contributed by atoms with E-state index in [1.807, 2.05) is 30.3 Å². The van der Waals surface area contributed by atoms with Gasteiger partial charge < -0.3 is 24.8 Å². The minimum Gasteiger partial charge on any atom is -0.494 e. The SMILES string of the molecule is CN=C(NCCCCOc1ccc(C)cc1)NCc1ccc(OC)c(OC)c1.I. The van der Waals surface area contributed by atoms with Crippen molar-refractivity contribution >= 4 is 29.9 Å². The van der Waals surface area contributed by atoms with E-state index in [4.69, 9.17) is 14.2 Å². The van der Waals surface area contributed by atoms with Crippen LogP contribution in [0.15, 0.2) is 47.5 Å². The molecule has 0 saturated carbocycles. The maximum Gasteiger partial charge on any atom is 0.191 e. The molecule has 0 fully saturated rings. The Labute approximate surface area is 191 Å². The number of rotatable bonds is 10. The van der Waals surface area contributed by atoms with Crippen LogP contribution in [0.5, 0.6) is 17.2 Å². The van der Waals surface area contributed by atoms with Crippen molar-refractivity contribution in [2.45, 2.75) is 26.3 Å². The molecule has 0 saturated heterocycles. The van der Waals surface area contributed by atoms with Gasteiger partial charge in [-0.05, 0) is 49.6 Å². The summed E-state index contributed by atoms with van der Waals surface area (Å²) in [5.74, 6) is 3.14. The molecule has 0 radical (unpaired) electrons. The van der Waals surface area contributed by atoms with Gasteiger partial charge in [-0.25, -0.2) is 0 Å². The summed E-state index contributed by atoms with van der Waals surface area (Å²) in [6.07, 6.45) is 1.98. The number of aliphatic imine (C=N–C) groups is 1. The molecule has 0 unspecified atom stereocenters. The molecule has 29 heavy (non-hydrogen) atoms. The van der Waals surface area contributed by atoms with Crippen LogP contribution in [0, 0.1) is 6.92 Å². The van der Waals surface area contributed by atoms with Crippen LogP contribution in [0.3, 0.4) is 0 Å². The zero-order chi connectivity index (χ0) is 20.2. The molecule has 0 bridgehead atoms. The molecule has 0 aliphatic rings. The highest BCUT2D eigenvalue weighted by Gasteiger charge is 2.05. The van der Waals surface area contributed by atoms with Crippen molar-refractivity contribution < 1.29 is 14.2 Å². The molecule has 160 valence electrons. The quantitative estimate of drug-likeness (QED) is 0.216. The predicted molar refractivity (Wildman–Crippen MR) is 129 cm³/mol. The first kappa shape index (κ1) is 24.9. The Morgan fingerprint density at radius 2 is 1.66 bits per heavy atom. The van der Waals surface area contributed by atoms with E-state index in [0.29, 0.717) is 13.2 Å². The van der Waals surface area contributed by atoms with E-state index < -0.39 is 0 Å². The van der Waals surface area contributed by atoms with Gasteiger partial charge in [-0.1, -0.05) is 23.8 Å². The molecule has 2 aromatic rings. The number of halogens is 1. The summed E-state index contributed by atoms with van der Waals surface area (Å²) >= 11 is 0. The molecule has 2 aromatic carbocycles. The van der Waals surface area contributed by atoms with Crippen LogP contribution in [0.25, 0.3) is 0 Å². The number of hydrogen-bond donors (Lipinski definition) is 2. The van der Waals surface area contributed by atoms with Gasteiger partial charge >= 0.3 is 0 Å². The van der Waals surface area contributed by atoms with E-state index in [9.17, 15) is 0 Å². The van der Waals surface area contributed by atoms with Crippen molar-refractivity contribution in [3.05, 3.63) is 53.6 Å². The number of hydrogen-bond acceptors (Lipinski definition) is 4. The predicted octanol–water partition coefficient (Wildman–Crippen LogP) is 4.15. The van der Waals surface area contributed by atoms with Gasteiger partial charge in [-0.2, -0.15) is 0 Å². The molecule has 0 aliphatic carbocycles. The standard InChI is InChI=1S/C22H31N3O3.HI/c1-17-7-10-19(11-8-17)28-14-6-5-13-24-22(23-2)25-16-18-9-12-20(26-3)21(15-18)27-4;/h7-12,15H,5-6,13-14,16H2,1-4H3,(H2,23,24,25);1H. The zero-order valence-corrected chi connectivity index (χ0v) is 20.0. The van der Waals surface area contributed by atoms with Crippen LogP contribution in [0.2, 0.25) is 0 Å². The molecular weight excluding hydrogens is 481 g/mol. The van der Waals surface area contributed by atoms with E-state index in [0.717, 1.165) is 48.2 Å². The van der Waals surface area contributed by atoms with Gasteiger partial charge in [0.2, 0.25) is 0 Å². The fourth-order valence-corrected chi connectivity index (χ4v) is 2.66. The van der Waals surface area contributed by atoms with E-state index in [2.05, 4.69) is 34.7 Å². The summed E-state index contributed by atoms with van der Waals surface area (Å²) < 4.78 is 16.3. The monoisotopic (exact) mass is 513 g/mol. The van der Waals surface area contributed by atoms with Crippen molar-refractivity contribution in [1.29, 1.82) is 0 Å². The lowest BCUT2D eigenvalue weighted by Gasteiger charge is -2.13. The molecule has 0 heterocycles.